The maximum absolute atomic E-state index is 12.5. The molecule has 0 aromatic carbocycles. The summed E-state index contributed by atoms with van der Waals surface area (Å²) in [5.74, 6) is 0.545. The van der Waals surface area contributed by atoms with Gasteiger partial charge in [0.05, 0.1) is 0 Å². The Morgan fingerprint density at radius 1 is 1.37 bits per heavy atom. The fourth-order valence-electron chi connectivity index (χ4n) is 2.44. The van der Waals surface area contributed by atoms with Crippen LogP contribution >= 0.6 is 0 Å². The second kappa shape index (κ2) is 4.97. The van der Waals surface area contributed by atoms with Crippen molar-refractivity contribution in [3.63, 3.8) is 0 Å². The molecule has 0 spiro atoms. The van der Waals surface area contributed by atoms with E-state index in [0.29, 0.717) is 18.0 Å². The molecular formula is C13H17N5O. The van der Waals surface area contributed by atoms with Crippen molar-refractivity contribution >= 4 is 17.0 Å². The Labute approximate surface area is 111 Å². The van der Waals surface area contributed by atoms with Gasteiger partial charge in [-0.15, -0.1) is 0 Å². The van der Waals surface area contributed by atoms with E-state index in [1.807, 2.05) is 19.1 Å². The van der Waals surface area contributed by atoms with E-state index in [9.17, 15) is 4.79 Å². The Kier molecular flexibility index (Phi) is 3.16. The van der Waals surface area contributed by atoms with Crippen LogP contribution in [-0.4, -0.2) is 40.7 Å². The zero-order valence-corrected chi connectivity index (χ0v) is 11.0. The van der Waals surface area contributed by atoms with Gasteiger partial charge in [0.2, 0.25) is 0 Å². The maximum Gasteiger partial charge on any atom is 0.295 e. The minimum absolute atomic E-state index is 0.0457. The van der Waals surface area contributed by atoms with Crippen LogP contribution in [0.4, 0.5) is 5.82 Å². The molecule has 1 fully saturated rings. The van der Waals surface area contributed by atoms with Gasteiger partial charge in [0, 0.05) is 38.9 Å². The SMILES string of the molecule is CCn1c(=O)c(N2CCNCC2)nc2cccnc21. The van der Waals surface area contributed by atoms with Crippen molar-refractivity contribution in [3.05, 3.63) is 28.7 Å². The first-order valence-corrected chi connectivity index (χ1v) is 6.62. The number of nitrogens with zero attached hydrogens (tertiary/aromatic N) is 4. The first-order chi connectivity index (χ1) is 9.31. The molecule has 2 aromatic heterocycles. The minimum Gasteiger partial charge on any atom is -0.349 e. The van der Waals surface area contributed by atoms with Crippen LogP contribution in [0.3, 0.4) is 0 Å². The van der Waals surface area contributed by atoms with Gasteiger partial charge in [-0.1, -0.05) is 0 Å². The van der Waals surface area contributed by atoms with Gasteiger partial charge in [-0.25, -0.2) is 9.97 Å². The first-order valence-electron chi connectivity index (χ1n) is 6.62. The van der Waals surface area contributed by atoms with Gasteiger partial charge >= 0.3 is 0 Å². The lowest BCUT2D eigenvalue weighted by atomic mass is 10.3. The van der Waals surface area contributed by atoms with Crippen LogP contribution in [0.15, 0.2) is 23.1 Å². The molecule has 2 aromatic rings. The van der Waals surface area contributed by atoms with E-state index in [0.717, 1.165) is 31.7 Å². The molecule has 0 unspecified atom stereocenters. The van der Waals surface area contributed by atoms with Crippen molar-refractivity contribution in [2.45, 2.75) is 13.5 Å². The number of fused-ring (bicyclic) bond motifs is 1. The first kappa shape index (κ1) is 12.1. The third-order valence-corrected chi connectivity index (χ3v) is 3.42. The van der Waals surface area contributed by atoms with Crippen LogP contribution in [0.5, 0.6) is 0 Å². The number of anilines is 1. The summed E-state index contributed by atoms with van der Waals surface area (Å²) < 4.78 is 1.69. The quantitative estimate of drug-likeness (QED) is 0.836. The molecule has 3 rings (SSSR count). The van der Waals surface area contributed by atoms with E-state index in [1.54, 1.807) is 10.8 Å². The van der Waals surface area contributed by atoms with Crippen LogP contribution in [0.25, 0.3) is 11.2 Å². The molecule has 1 aliphatic heterocycles. The van der Waals surface area contributed by atoms with Crippen molar-refractivity contribution in [2.75, 3.05) is 31.1 Å². The summed E-state index contributed by atoms with van der Waals surface area (Å²) in [7, 11) is 0. The smallest absolute Gasteiger partial charge is 0.295 e. The molecule has 19 heavy (non-hydrogen) atoms. The van der Waals surface area contributed by atoms with Gasteiger partial charge in [-0.2, -0.15) is 0 Å². The molecule has 1 N–H and O–H groups in total. The van der Waals surface area contributed by atoms with Gasteiger partial charge in [0.25, 0.3) is 5.56 Å². The average molecular weight is 259 g/mol. The van der Waals surface area contributed by atoms with Gasteiger partial charge in [-0.05, 0) is 19.1 Å². The van der Waals surface area contributed by atoms with Crippen molar-refractivity contribution in [1.82, 2.24) is 19.9 Å². The Morgan fingerprint density at radius 2 is 2.16 bits per heavy atom. The van der Waals surface area contributed by atoms with Crippen molar-refractivity contribution < 1.29 is 0 Å². The number of aromatic nitrogens is 3. The summed E-state index contributed by atoms with van der Waals surface area (Å²) >= 11 is 0. The zero-order valence-electron chi connectivity index (χ0n) is 11.0. The highest BCUT2D eigenvalue weighted by Gasteiger charge is 2.18. The van der Waals surface area contributed by atoms with Gasteiger partial charge in [-0.3, -0.25) is 9.36 Å². The van der Waals surface area contributed by atoms with E-state index in [-0.39, 0.29) is 5.56 Å². The summed E-state index contributed by atoms with van der Waals surface area (Å²) in [5, 5.41) is 3.28. The van der Waals surface area contributed by atoms with E-state index in [4.69, 9.17) is 0 Å². The Bertz CT molecular complexity index is 645. The van der Waals surface area contributed by atoms with Gasteiger partial charge in [0.1, 0.15) is 5.52 Å². The van der Waals surface area contributed by atoms with Crippen LogP contribution in [0.2, 0.25) is 0 Å². The summed E-state index contributed by atoms with van der Waals surface area (Å²) in [5.41, 5.74) is 1.39. The van der Waals surface area contributed by atoms with Crippen LogP contribution < -0.4 is 15.8 Å². The molecule has 3 heterocycles. The predicted octanol–water partition coefficient (Wildman–Crippen LogP) is 0.221. The molecule has 100 valence electrons. The highest BCUT2D eigenvalue weighted by Crippen LogP contribution is 2.12. The third kappa shape index (κ3) is 2.08. The monoisotopic (exact) mass is 259 g/mol. The Balaban J connectivity index is 2.19. The number of nitrogens with one attached hydrogen (secondary N) is 1. The number of rotatable bonds is 2. The molecular weight excluding hydrogens is 242 g/mol. The average Bonchev–Trinajstić information content (AvgIpc) is 2.47. The normalized spacial score (nSPS) is 15.9. The molecule has 6 heteroatoms. The van der Waals surface area contributed by atoms with E-state index >= 15 is 0 Å². The summed E-state index contributed by atoms with van der Waals surface area (Å²) in [6, 6.07) is 3.75. The molecule has 1 saturated heterocycles. The van der Waals surface area contributed by atoms with Crippen LogP contribution in [0.1, 0.15) is 6.92 Å². The molecule has 0 saturated carbocycles. The second-order valence-corrected chi connectivity index (χ2v) is 4.57. The molecule has 1 aliphatic rings. The topological polar surface area (TPSA) is 63.1 Å². The number of hydrogen-bond donors (Lipinski definition) is 1. The predicted molar refractivity (Wildman–Crippen MR) is 74.6 cm³/mol. The largest absolute Gasteiger partial charge is 0.349 e. The third-order valence-electron chi connectivity index (χ3n) is 3.42. The van der Waals surface area contributed by atoms with Crippen LogP contribution in [0, 0.1) is 0 Å². The van der Waals surface area contributed by atoms with Crippen LogP contribution in [-0.2, 0) is 6.54 Å². The number of aryl methyl sites for hydroxylation is 1. The molecule has 0 amide bonds. The van der Waals surface area contributed by atoms with Crippen molar-refractivity contribution in [1.29, 1.82) is 0 Å². The van der Waals surface area contributed by atoms with Crippen molar-refractivity contribution in [2.24, 2.45) is 0 Å². The minimum atomic E-state index is -0.0457. The maximum atomic E-state index is 12.5. The molecule has 0 atom stereocenters. The molecule has 6 nitrogen and oxygen atoms in total. The summed E-state index contributed by atoms with van der Waals surface area (Å²) in [6.45, 7) is 5.97. The fourth-order valence-corrected chi connectivity index (χ4v) is 2.44. The standard InChI is InChI=1S/C13H17N5O/c1-2-18-11-10(4-3-5-15-11)16-12(13(18)19)17-8-6-14-7-9-17/h3-5,14H,2,6-9H2,1H3. The Hall–Kier alpha value is -1.95. The van der Waals surface area contributed by atoms with Gasteiger partial charge in [0.15, 0.2) is 11.5 Å². The van der Waals surface area contributed by atoms with E-state index in [1.165, 1.54) is 0 Å². The number of pyridine rings is 1. The number of piperazine rings is 1. The highest BCUT2D eigenvalue weighted by atomic mass is 16.1. The Morgan fingerprint density at radius 3 is 2.89 bits per heavy atom. The van der Waals surface area contributed by atoms with E-state index < -0.39 is 0 Å². The zero-order chi connectivity index (χ0) is 13.2. The molecule has 0 bridgehead atoms. The van der Waals surface area contributed by atoms with Crippen molar-refractivity contribution in [3.8, 4) is 0 Å². The van der Waals surface area contributed by atoms with E-state index in [2.05, 4.69) is 20.2 Å². The molecule has 0 aliphatic carbocycles. The lowest BCUT2D eigenvalue weighted by molar-refractivity contribution is 0.580. The number of hydrogen-bond acceptors (Lipinski definition) is 5. The summed E-state index contributed by atoms with van der Waals surface area (Å²) in [6.07, 6.45) is 1.69. The lowest BCUT2D eigenvalue weighted by Crippen LogP contribution is -2.46. The highest BCUT2D eigenvalue weighted by molar-refractivity contribution is 5.72. The fraction of sp³-hybridized carbons (Fsp3) is 0.462. The summed E-state index contributed by atoms with van der Waals surface area (Å²) in [4.78, 5) is 23.3. The molecule has 0 radical (unpaired) electrons. The van der Waals surface area contributed by atoms with Gasteiger partial charge < -0.3 is 10.2 Å². The second-order valence-electron chi connectivity index (χ2n) is 4.57. The lowest BCUT2D eigenvalue weighted by Gasteiger charge is -2.28.